The summed E-state index contributed by atoms with van der Waals surface area (Å²) in [5.41, 5.74) is 4.03. The number of carbonyl (C=O) groups excluding carboxylic acids is 1. The fourth-order valence-corrected chi connectivity index (χ4v) is 4.63. The maximum Gasteiger partial charge on any atom is 0.410 e. The van der Waals surface area contributed by atoms with Crippen LogP contribution < -0.4 is 9.64 Å². The molecule has 0 atom stereocenters. The molecule has 4 heterocycles. The SMILES string of the molecule is CCc1cnc(N2CCC(COc3cnc(C4=CCN(C(=O)OCc5ccccc5)CC4)cn3)CC2)nc1. The Morgan fingerprint density at radius 3 is 2.39 bits per heavy atom. The molecule has 0 bridgehead atoms. The molecular weight excluding hydrogens is 480 g/mol. The number of hydrogen-bond donors (Lipinski definition) is 0. The molecule has 0 N–H and O–H groups in total. The average Bonchev–Trinajstić information content (AvgIpc) is 3.00. The van der Waals surface area contributed by atoms with Crippen molar-refractivity contribution in [2.24, 2.45) is 5.92 Å². The van der Waals surface area contributed by atoms with Crippen LogP contribution >= 0.6 is 0 Å². The lowest BCUT2D eigenvalue weighted by molar-refractivity contribution is 0.0998. The van der Waals surface area contributed by atoms with E-state index in [4.69, 9.17) is 9.47 Å². The van der Waals surface area contributed by atoms with E-state index in [1.807, 2.05) is 48.8 Å². The number of aromatic nitrogens is 4. The first-order valence-electron chi connectivity index (χ1n) is 13.3. The van der Waals surface area contributed by atoms with Crippen molar-refractivity contribution in [2.45, 2.75) is 39.2 Å². The maximum atomic E-state index is 12.4. The molecule has 5 rings (SSSR count). The summed E-state index contributed by atoms with van der Waals surface area (Å²) in [6, 6.07) is 9.70. The van der Waals surface area contributed by atoms with E-state index in [-0.39, 0.29) is 12.7 Å². The highest BCUT2D eigenvalue weighted by Crippen LogP contribution is 2.24. The van der Waals surface area contributed by atoms with Gasteiger partial charge in [-0.1, -0.05) is 43.3 Å². The number of rotatable bonds is 8. The maximum absolute atomic E-state index is 12.4. The van der Waals surface area contributed by atoms with Crippen LogP contribution in [0.25, 0.3) is 5.57 Å². The van der Waals surface area contributed by atoms with Crippen molar-refractivity contribution in [3.63, 3.8) is 0 Å². The average molecular weight is 515 g/mol. The molecule has 2 aliphatic rings. The van der Waals surface area contributed by atoms with E-state index in [2.05, 4.69) is 31.8 Å². The Morgan fingerprint density at radius 1 is 0.947 bits per heavy atom. The molecule has 0 spiro atoms. The summed E-state index contributed by atoms with van der Waals surface area (Å²) >= 11 is 0. The Balaban J connectivity index is 1.04. The smallest absolute Gasteiger partial charge is 0.410 e. The number of benzene rings is 1. The van der Waals surface area contributed by atoms with E-state index in [9.17, 15) is 4.79 Å². The first-order chi connectivity index (χ1) is 18.7. The van der Waals surface area contributed by atoms with Crippen molar-refractivity contribution in [1.82, 2.24) is 24.8 Å². The number of nitrogens with zero attached hydrogens (tertiary/aromatic N) is 6. The van der Waals surface area contributed by atoms with Crippen molar-refractivity contribution in [2.75, 3.05) is 37.7 Å². The minimum Gasteiger partial charge on any atom is -0.476 e. The highest BCUT2D eigenvalue weighted by atomic mass is 16.6. The van der Waals surface area contributed by atoms with Gasteiger partial charge < -0.3 is 19.3 Å². The number of aryl methyl sites for hydroxylation is 1. The van der Waals surface area contributed by atoms with E-state index in [1.165, 1.54) is 0 Å². The number of amides is 1. The lowest BCUT2D eigenvalue weighted by Gasteiger charge is -2.31. The fraction of sp³-hybridized carbons (Fsp3) is 0.414. The molecule has 1 fully saturated rings. The summed E-state index contributed by atoms with van der Waals surface area (Å²) in [6.45, 7) is 5.95. The number of anilines is 1. The van der Waals surface area contributed by atoms with Gasteiger partial charge in [0.25, 0.3) is 0 Å². The van der Waals surface area contributed by atoms with Crippen LogP contribution in [0.2, 0.25) is 0 Å². The van der Waals surface area contributed by atoms with E-state index in [0.717, 1.165) is 60.7 Å². The zero-order valence-corrected chi connectivity index (χ0v) is 21.8. The van der Waals surface area contributed by atoms with Crippen molar-refractivity contribution in [1.29, 1.82) is 0 Å². The van der Waals surface area contributed by atoms with Gasteiger partial charge in [0.05, 0.1) is 24.7 Å². The zero-order chi connectivity index (χ0) is 26.2. The van der Waals surface area contributed by atoms with Gasteiger partial charge in [-0.3, -0.25) is 0 Å². The lowest BCUT2D eigenvalue weighted by atomic mass is 9.98. The molecule has 9 nitrogen and oxygen atoms in total. The summed E-state index contributed by atoms with van der Waals surface area (Å²) in [4.78, 5) is 34.4. The van der Waals surface area contributed by atoms with Crippen molar-refractivity contribution >= 4 is 17.6 Å². The minimum absolute atomic E-state index is 0.278. The Kier molecular flexibility index (Phi) is 8.42. The number of carbonyl (C=O) groups is 1. The summed E-state index contributed by atoms with van der Waals surface area (Å²) in [5.74, 6) is 1.82. The highest BCUT2D eigenvalue weighted by molar-refractivity contribution is 5.71. The second-order valence-corrected chi connectivity index (χ2v) is 9.69. The third kappa shape index (κ3) is 6.65. The standard InChI is InChI=1S/C29H34N6O3/c1-2-22-16-32-28(33-17-22)34-12-8-24(9-13-34)20-37-27-19-30-26(18-31-27)25-10-14-35(15-11-25)29(36)38-21-23-6-4-3-5-7-23/h3-7,10,16-19,24H,2,8-9,11-15,20-21H2,1H3. The molecule has 2 aliphatic heterocycles. The second kappa shape index (κ2) is 12.5. The molecule has 2 aromatic heterocycles. The first kappa shape index (κ1) is 25.6. The van der Waals surface area contributed by atoms with Crippen LogP contribution in [-0.2, 0) is 17.8 Å². The van der Waals surface area contributed by atoms with Crippen molar-refractivity contribution in [3.8, 4) is 5.88 Å². The van der Waals surface area contributed by atoms with Crippen LogP contribution in [0.5, 0.6) is 5.88 Å². The van der Waals surface area contributed by atoms with Crippen LogP contribution in [0.15, 0.2) is 61.2 Å². The molecule has 9 heteroatoms. The molecule has 198 valence electrons. The third-order valence-electron chi connectivity index (χ3n) is 7.09. The predicted molar refractivity (Wildman–Crippen MR) is 145 cm³/mol. The predicted octanol–water partition coefficient (Wildman–Crippen LogP) is 4.55. The largest absolute Gasteiger partial charge is 0.476 e. The van der Waals surface area contributed by atoms with E-state index >= 15 is 0 Å². The third-order valence-corrected chi connectivity index (χ3v) is 7.09. The van der Waals surface area contributed by atoms with Gasteiger partial charge >= 0.3 is 6.09 Å². The van der Waals surface area contributed by atoms with Gasteiger partial charge in [-0.2, -0.15) is 0 Å². The topological polar surface area (TPSA) is 93.6 Å². The number of piperidine rings is 1. The van der Waals surface area contributed by atoms with Gasteiger partial charge in [-0.05, 0) is 48.3 Å². The van der Waals surface area contributed by atoms with Crippen LogP contribution in [0.1, 0.15) is 43.0 Å². The normalized spacial score (nSPS) is 16.2. The molecule has 0 radical (unpaired) electrons. The molecule has 0 unspecified atom stereocenters. The number of ether oxygens (including phenoxy) is 2. The molecule has 1 saturated heterocycles. The molecule has 3 aromatic rings. The highest BCUT2D eigenvalue weighted by Gasteiger charge is 2.22. The summed E-state index contributed by atoms with van der Waals surface area (Å²) < 4.78 is 11.4. The van der Waals surface area contributed by atoms with Gasteiger partial charge in [-0.15, -0.1) is 0 Å². The number of hydrogen-bond acceptors (Lipinski definition) is 8. The monoisotopic (exact) mass is 514 g/mol. The van der Waals surface area contributed by atoms with Gasteiger partial charge in [-0.25, -0.2) is 24.7 Å². The van der Waals surface area contributed by atoms with Crippen molar-refractivity contribution < 1.29 is 14.3 Å². The second-order valence-electron chi connectivity index (χ2n) is 9.69. The Bertz CT molecular complexity index is 1210. The molecule has 0 saturated carbocycles. The van der Waals surface area contributed by atoms with Gasteiger partial charge in [0.2, 0.25) is 11.8 Å². The van der Waals surface area contributed by atoms with Gasteiger partial charge in [0, 0.05) is 38.6 Å². The Morgan fingerprint density at radius 2 is 1.74 bits per heavy atom. The Hall–Kier alpha value is -4.01. The van der Waals surface area contributed by atoms with Crippen LogP contribution in [-0.4, -0.2) is 63.7 Å². The molecular formula is C29H34N6O3. The van der Waals surface area contributed by atoms with Crippen molar-refractivity contribution in [3.05, 3.63) is 78.0 Å². The summed E-state index contributed by atoms with van der Waals surface area (Å²) in [5, 5.41) is 0. The molecule has 38 heavy (non-hydrogen) atoms. The Labute approximate surface area is 223 Å². The van der Waals surface area contributed by atoms with E-state index in [1.54, 1.807) is 17.3 Å². The molecule has 0 aliphatic carbocycles. The van der Waals surface area contributed by atoms with Gasteiger partial charge in [0.1, 0.15) is 6.61 Å². The quantitative estimate of drug-likeness (QED) is 0.432. The van der Waals surface area contributed by atoms with Crippen LogP contribution in [0.3, 0.4) is 0 Å². The van der Waals surface area contributed by atoms with Crippen LogP contribution in [0.4, 0.5) is 10.7 Å². The zero-order valence-electron chi connectivity index (χ0n) is 21.8. The van der Waals surface area contributed by atoms with Crippen LogP contribution in [0, 0.1) is 5.92 Å². The fourth-order valence-electron chi connectivity index (χ4n) is 4.63. The summed E-state index contributed by atoms with van der Waals surface area (Å²) in [7, 11) is 0. The molecule has 1 amide bonds. The van der Waals surface area contributed by atoms with Gasteiger partial charge in [0.15, 0.2) is 0 Å². The summed E-state index contributed by atoms with van der Waals surface area (Å²) in [6.07, 6.45) is 12.7. The van der Waals surface area contributed by atoms with E-state index in [0.29, 0.717) is 37.9 Å². The minimum atomic E-state index is -0.299. The van der Waals surface area contributed by atoms with E-state index < -0.39 is 0 Å². The lowest BCUT2D eigenvalue weighted by Crippen LogP contribution is -2.36. The first-order valence-corrected chi connectivity index (χ1v) is 13.3. The molecule has 1 aromatic carbocycles.